The molecule has 1 aliphatic rings. The fraction of sp³-hybridized carbons (Fsp3) is 0.240. The highest BCUT2D eigenvalue weighted by molar-refractivity contribution is 5.99. The van der Waals surface area contributed by atoms with E-state index in [0.29, 0.717) is 41.6 Å². The predicted octanol–water partition coefficient (Wildman–Crippen LogP) is 4.45. The number of carbonyl (C=O) groups is 1. The van der Waals surface area contributed by atoms with Crippen LogP contribution in [0.3, 0.4) is 0 Å². The van der Waals surface area contributed by atoms with Gasteiger partial charge in [0.15, 0.2) is 0 Å². The van der Waals surface area contributed by atoms with Crippen molar-refractivity contribution in [3.63, 3.8) is 0 Å². The molecule has 0 bridgehead atoms. The number of hydrogen-bond donors (Lipinski definition) is 1. The van der Waals surface area contributed by atoms with Crippen molar-refractivity contribution in [2.45, 2.75) is 38.9 Å². The summed E-state index contributed by atoms with van der Waals surface area (Å²) >= 11 is 0. The fourth-order valence-corrected chi connectivity index (χ4v) is 4.18. The lowest BCUT2D eigenvalue weighted by Gasteiger charge is -2.28. The van der Waals surface area contributed by atoms with Crippen molar-refractivity contribution >= 4 is 22.6 Å². The van der Waals surface area contributed by atoms with Crippen LogP contribution in [0.15, 0.2) is 55.0 Å². The minimum Gasteiger partial charge on any atom is -0.383 e. The van der Waals surface area contributed by atoms with E-state index >= 15 is 0 Å². The molecule has 36 heavy (non-hydrogen) atoms. The normalized spacial score (nSPS) is 14.0. The Bertz CT molecular complexity index is 1430. The predicted molar refractivity (Wildman–Crippen MR) is 124 cm³/mol. The maximum Gasteiger partial charge on any atom is 0.417 e. The SMILES string of the molecule is C[C@H](c1ncccn1)N(Cc1ccc(C(F)(F)F)cn1)C(=O)c1ccc2nc(N)c3c(c2c1)COC3. The zero-order valence-electron chi connectivity index (χ0n) is 19.2. The summed E-state index contributed by atoms with van der Waals surface area (Å²) < 4.78 is 44.5. The summed E-state index contributed by atoms with van der Waals surface area (Å²) in [5.74, 6) is 0.434. The van der Waals surface area contributed by atoms with Crippen LogP contribution in [0.4, 0.5) is 19.0 Å². The van der Waals surface area contributed by atoms with E-state index in [2.05, 4.69) is 19.9 Å². The molecule has 1 aliphatic heterocycles. The van der Waals surface area contributed by atoms with E-state index in [9.17, 15) is 18.0 Å². The number of nitrogens with zero attached hydrogens (tertiary/aromatic N) is 5. The van der Waals surface area contributed by atoms with Gasteiger partial charge in [0.05, 0.1) is 42.6 Å². The Kier molecular flexibility index (Phi) is 6.00. The molecule has 0 radical (unpaired) electrons. The van der Waals surface area contributed by atoms with Gasteiger partial charge in [0.1, 0.15) is 11.6 Å². The van der Waals surface area contributed by atoms with Crippen LogP contribution < -0.4 is 5.73 Å². The second-order valence-electron chi connectivity index (χ2n) is 8.43. The highest BCUT2D eigenvalue weighted by Gasteiger charge is 2.31. The van der Waals surface area contributed by atoms with Gasteiger partial charge in [-0.05, 0) is 48.9 Å². The second kappa shape index (κ2) is 9.15. The Hall–Kier alpha value is -4.12. The van der Waals surface area contributed by atoms with E-state index in [0.717, 1.165) is 28.8 Å². The molecule has 0 saturated carbocycles. The third-order valence-electron chi connectivity index (χ3n) is 6.15. The van der Waals surface area contributed by atoms with Crippen molar-refractivity contribution in [1.29, 1.82) is 0 Å². The van der Waals surface area contributed by atoms with Crippen molar-refractivity contribution < 1.29 is 22.7 Å². The molecule has 2 N–H and O–H groups in total. The zero-order valence-corrected chi connectivity index (χ0v) is 19.2. The topological polar surface area (TPSA) is 107 Å². The molecule has 1 aromatic carbocycles. The minimum absolute atomic E-state index is 0.0460. The lowest BCUT2D eigenvalue weighted by Crippen LogP contribution is -2.34. The second-order valence-corrected chi connectivity index (χ2v) is 8.43. The summed E-state index contributed by atoms with van der Waals surface area (Å²) in [6.45, 7) is 2.43. The van der Waals surface area contributed by atoms with Crippen molar-refractivity contribution in [1.82, 2.24) is 24.8 Å². The van der Waals surface area contributed by atoms with Crippen LogP contribution in [0.1, 0.15) is 51.5 Å². The number of nitrogen functional groups attached to an aromatic ring is 1. The fourth-order valence-electron chi connectivity index (χ4n) is 4.18. The number of amides is 1. The van der Waals surface area contributed by atoms with Gasteiger partial charge >= 0.3 is 6.18 Å². The van der Waals surface area contributed by atoms with Crippen LogP contribution in [0.2, 0.25) is 0 Å². The number of aromatic nitrogens is 4. The first kappa shape index (κ1) is 23.6. The third-order valence-corrected chi connectivity index (χ3v) is 6.15. The van der Waals surface area contributed by atoms with Crippen LogP contribution in [0, 0.1) is 0 Å². The van der Waals surface area contributed by atoms with Crippen LogP contribution >= 0.6 is 0 Å². The zero-order chi connectivity index (χ0) is 25.4. The highest BCUT2D eigenvalue weighted by Crippen LogP contribution is 2.33. The van der Waals surface area contributed by atoms with Gasteiger partial charge in [-0.25, -0.2) is 15.0 Å². The molecule has 0 fully saturated rings. The Morgan fingerprint density at radius 2 is 1.86 bits per heavy atom. The lowest BCUT2D eigenvalue weighted by atomic mass is 10.0. The first-order chi connectivity index (χ1) is 17.2. The van der Waals surface area contributed by atoms with Gasteiger partial charge < -0.3 is 15.4 Å². The monoisotopic (exact) mass is 494 g/mol. The quantitative estimate of drug-likeness (QED) is 0.437. The Balaban J connectivity index is 1.53. The molecule has 11 heteroatoms. The molecule has 0 unspecified atom stereocenters. The number of rotatable bonds is 5. The number of anilines is 1. The minimum atomic E-state index is -4.50. The number of nitrogens with two attached hydrogens (primary N) is 1. The van der Waals surface area contributed by atoms with Gasteiger partial charge in [0.25, 0.3) is 5.91 Å². The standard InChI is InChI=1S/C25H21F3N6O2/c1-14(23-30-7-2-8-31-23)34(11-17-5-4-16(10-32-17)25(26,27)28)24(35)15-3-6-21-18(9-15)19-12-36-13-20(19)22(29)33-21/h2-10,14H,11-13H2,1H3,(H2,29,33)/t14-/m1/s1. The number of carbonyl (C=O) groups excluding carboxylic acids is 1. The van der Waals surface area contributed by atoms with E-state index in [1.807, 2.05) is 0 Å². The molecule has 0 saturated heterocycles. The van der Waals surface area contributed by atoms with E-state index < -0.39 is 17.8 Å². The number of fused-ring (bicyclic) bond motifs is 3. The summed E-state index contributed by atoms with van der Waals surface area (Å²) in [6.07, 6.45) is -0.615. The molecule has 0 aliphatic carbocycles. The highest BCUT2D eigenvalue weighted by atomic mass is 19.4. The molecular weight excluding hydrogens is 473 g/mol. The third kappa shape index (κ3) is 4.44. The Morgan fingerprint density at radius 3 is 2.56 bits per heavy atom. The molecule has 4 heterocycles. The first-order valence-corrected chi connectivity index (χ1v) is 11.1. The van der Waals surface area contributed by atoms with Crippen LogP contribution in [-0.4, -0.2) is 30.7 Å². The number of alkyl halides is 3. The van der Waals surface area contributed by atoms with Crippen LogP contribution in [0.5, 0.6) is 0 Å². The van der Waals surface area contributed by atoms with Gasteiger partial charge in [0, 0.05) is 35.1 Å². The number of hydrogen-bond acceptors (Lipinski definition) is 7. The molecule has 8 nitrogen and oxygen atoms in total. The average Bonchev–Trinajstić information content (AvgIpc) is 3.38. The summed E-state index contributed by atoms with van der Waals surface area (Å²) in [6, 6.07) is 8.38. The molecule has 4 aromatic rings. The summed E-state index contributed by atoms with van der Waals surface area (Å²) in [5.41, 5.74) is 8.20. The number of halogens is 3. The number of pyridine rings is 2. The summed E-state index contributed by atoms with van der Waals surface area (Å²) in [4.78, 5) is 32.1. The van der Waals surface area contributed by atoms with Crippen molar-refractivity contribution in [2.75, 3.05) is 5.73 Å². The van der Waals surface area contributed by atoms with Gasteiger partial charge in [-0.3, -0.25) is 9.78 Å². The average molecular weight is 494 g/mol. The van der Waals surface area contributed by atoms with Gasteiger partial charge in [0.2, 0.25) is 0 Å². The van der Waals surface area contributed by atoms with Gasteiger partial charge in [-0.15, -0.1) is 0 Å². The van der Waals surface area contributed by atoms with E-state index in [1.54, 1.807) is 43.6 Å². The molecular formula is C25H21F3N6O2. The van der Waals surface area contributed by atoms with Gasteiger partial charge in [-0.2, -0.15) is 13.2 Å². The molecule has 184 valence electrons. The van der Waals surface area contributed by atoms with Crippen molar-refractivity contribution in [2.24, 2.45) is 0 Å². The van der Waals surface area contributed by atoms with Crippen molar-refractivity contribution in [3.8, 4) is 0 Å². The molecule has 0 spiro atoms. The van der Waals surface area contributed by atoms with E-state index in [-0.39, 0.29) is 12.5 Å². The largest absolute Gasteiger partial charge is 0.417 e. The van der Waals surface area contributed by atoms with Crippen LogP contribution in [0.25, 0.3) is 10.9 Å². The maximum absolute atomic E-state index is 13.8. The van der Waals surface area contributed by atoms with E-state index in [1.165, 1.54) is 11.0 Å². The molecule has 1 atom stereocenters. The molecule has 3 aromatic heterocycles. The van der Waals surface area contributed by atoms with E-state index in [4.69, 9.17) is 10.5 Å². The van der Waals surface area contributed by atoms with Crippen LogP contribution in [-0.2, 0) is 30.7 Å². The smallest absolute Gasteiger partial charge is 0.383 e. The molecule has 5 rings (SSSR count). The summed E-state index contributed by atoms with van der Waals surface area (Å²) in [5, 5.41) is 0.763. The summed E-state index contributed by atoms with van der Waals surface area (Å²) in [7, 11) is 0. The Morgan fingerprint density at radius 1 is 1.11 bits per heavy atom. The Labute approximate surface area is 204 Å². The van der Waals surface area contributed by atoms with Gasteiger partial charge in [-0.1, -0.05) is 0 Å². The molecule has 1 amide bonds. The maximum atomic E-state index is 13.8. The number of ether oxygens (including phenoxy) is 1. The first-order valence-electron chi connectivity index (χ1n) is 11.1. The lowest BCUT2D eigenvalue weighted by molar-refractivity contribution is -0.137. The van der Waals surface area contributed by atoms with Crippen molar-refractivity contribution in [3.05, 3.63) is 88.8 Å². The number of benzene rings is 1.